The molecule has 0 spiro atoms. The highest BCUT2D eigenvalue weighted by molar-refractivity contribution is 5.13. The zero-order valence-corrected chi connectivity index (χ0v) is 13.2. The molecule has 122 valence electrons. The van der Waals surface area contributed by atoms with Crippen molar-refractivity contribution in [3.8, 4) is 11.8 Å². The molecule has 2 aromatic heterocycles. The lowest BCUT2D eigenvalue weighted by Gasteiger charge is -2.16. The van der Waals surface area contributed by atoms with Gasteiger partial charge in [0.25, 0.3) is 0 Å². The molecule has 0 N–H and O–H groups in total. The fraction of sp³-hybridized carbons (Fsp3) is 0.600. The van der Waals surface area contributed by atoms with Crippen LogP contribution in [0.2, 0.25) is 0 Å². The van der Waals surface area contributed by atoms with Crippen LogP contribution in [-0.4, -0.2) is 55.9 Å². The van der Waals surface area contributed by atoms with Crippen LogP contribution in [0.25, 0.3) is 0 Å². The predicted octanol–water partition coefficient (Wildman–Crippen LogP) is 0.676. The number of nitrogens with zero attached hydrogens (tertiary/aromatic N) is 6. The van der Waals surface area contributed by atoms with Crippen molar-refractivity contribution in [2.45, 2.75) is 38.5 Å². The number of hydrogen-bond acceptors (Lipinski definition) is 7. The van der Waals surface area contributed by atoms with Crippen molar-refractivity contribution in [2.24, 2.45) is 0 Å². The average Bonchev–Trinajstić information content (AvgIpc) is 3.28. The Bertz CT molecular complexity index is 671. The smallest absolute Gasteiger partial charge is 0.316 e. The molecule has 2 aliphatic heterocycles. The molecule has 0 radical (unpaired) electrons. The van der Waals surface area contributed by atoms with Gasteiger partial charge >= 0.3 is 6.01 Å². The molecule has 0 saturated carbocycles. The Morgan fingerprint density at radius 2 is 2.09 bits per heavy atom. The van der Waals surface area contributed by atoms with E-state index in [4.69, 9.17) is 9.47 Å². The highest BCUT2D eigenvalue weighted by Gasteiger charge is 2.27. The van der Waals surface area contributed by atoms with Crippen molar-refractivity contribution in [1.29, 1.82) is 0 Å². The van der Waals surface area contributed by atoms with Crippen LogP contribution in [-0.2, 0) is 19.5 Å². The minimum absolute atomic E-state index is 0.115. The Balaban J connectivity index is 1.33. The Morgan fingerprint density at radius 1 is 1.22 bits per heavy atom. The summed E-state index contributed by atoms with van der Waals surface area (Å²) in [7, 11) is 1.59. The first-order valence-electron chi connectivity index (χ1n) is 7.98. The van der Waals surface area contributed by atoms with Gasteiger partial charge in [0.15, 0.2) is 5.75 Å². The summed E-state index contributed by atoms with van der Waals surface area (Å²) in [6, 6.07) is 0.404. The van der Waals surface area contributed by atoms with Crippen LogP contribution in [0.4, 0.5) is 0 Å². The lowest BCUT2D eigenvalue weighted by molar-refractivity contribution is 0.181. The average molecular weight is 316 g/mol. The Morgan fingerprint density at radius 3 is 2.91 bits per heavy atom. The molecule has 0 amide bonds. The largest absolute Gasteiger partial charge is 0.494 e. The van der Waals surface area contributed by atoms with E-state index in [1.165, 1.54) is 6.42 Å². The van der Waals surface area contributed by atoms with Crippen LogP contribution in [0.5, 0.6) is 11.8 Å². The Labute approximate surface area is 134 Å². The molecule has 4 heterocycles. The van der Waals surface area contributed by atoms with Crippen molar-refractivity contribution in [2.75, 3.05) is 20.2 Å². The molecule has 1 atom stereocenters. The lowest BCUT2D eigenvalue weighted by atomic mass is 10.3. The highest BCUT2D eigenvalue weighted by Crippen LogP contribution is 2.20. The molecule has 23 heavy (non-hydrogen) atoms. The molecule has 1 fully saturated rings. The van der Waals surface area contributed by atoms with Gasteiger partial charge in [-0.3, -0.25) is 4.90 Å². The number of ether oxygens (including phenoxy) is 2. The topological polar surface area (TPSA) is 78.2 Å². The zero-order chi connectivity index (χ0) is 15.6. The fourth-order valence-corrected chi connectivity index (χ4v) is 3.18. The first-order valence-corrected chi connectivity index (χ1v) is 7.98. The van der Waals surface area contributed by atoms with E-state index in [1.54, 1.807) is 19.5 Å². The molecule has 8 nitrogen and oxygen atoms in total. The van der Waals surface area contributed by atoms with Crippen LogP contribution >= 0.6 is 0 Å². The van der Waals surface area contributed by atoms with Crippen molar-refractivity contribution < 1.29 is 9.47 Å². The molecule has 2 aromatic rings. The van der Waals surface area contributed by atoms with Crippen molar-refractivity contribution in [3.63, 3.8) is 0 Å². The number of aromatic nitrogens is 5. The van der Waals surface area contributed by atoms with E-state index in [0.29, 0.717) is 11.8 Å². The monoisotopic (exact) mass is 316 g/mol. The summed E-state index contributed by atoms with van der Waals surface area (Å²) in [5.41, 5.74) is 0. The molecular weight excluding hydrogens is 296 g/mol. The van der Waals surface area contributed by atoms with Crippen molar-refractivity contribution in [1.82, 2.24) is 29.6 Å². The zero-order valence-electron chi connectivity index (χ0n) is 13.2. The van der Waals surface area contributed by atoms with Crippen LogP contribution in [0.3, 0.4) is 0 Å². The third kappa shape index (κ3) is 2.98. The Kier molecular flexibility index (Phi) is 3.82. The molecule has 0 aromatic carbocycles. The second-order valence-electron chi connectivity index (χ2n) is 5.96. The standard InChI is InChI=1S/C15H20N6O2/c1-22-12-7-16-15(17-8-12)23-11-4-6-20(9-11)10-14-19-18-13-3-2-5-21(13)14/h7-8,11H,2-6,9-10H2,1H3. The first kappa shape index (κ1) is 14.4. The maximum atomic E-state index is 5.85. The predicted molar refractivity (Wildman–Crippen MR) is 81.2 cm³/mol. The summed E-state index contributed by atoms with van der Waals surface area (Å²) in [5, 5.41) is 8.59. The van der Waals surface area contributed by atoms with Crippen LogP contribution in [0, 0.1) is 0 Å². The Hall–Kier alpha value is -2.22. The van der Waals surface area contributed by atoms with Crippen molar-refractivity contribution in [3.05, 3.63) is 24.0 Å². The summed E-state index contributed by atoms with van der Waals surface area (Å²) >= 11 is 0. The van der Waals surface area contributed by atoms with E-state index < -0.39 is 0 Å². The van der Waals surface area contributed by atoms with Gasteiger partial charge in [-0.15, -0.1) is 10.2 Å². The molecule has 4 rings (SSSR count). The second kappa shape index (κ2) is 6.11. The number of rotatable bonds is 5. The number of aryl methyl sites for hydroxylation is 1. The third-order valence-electron chi connectivity index (χ3n) is 4.39. The number of methoxy groups -OCH3 is 1. The second-order valence-corrected chi connectivity index (χ2v) is 5.96. The van der Waals surface area contributed by atoms with Gasteiger partial charge in [0, 0.05) is 26.1 Å². The van der Waals surface area contributed by atoms with E-state index in [-0.39, 0.29) is 6.10 Å². The number of hydrogen-bond donors (Lipinski definition) is 0. The van der Waals surface area contributed by atoms with Crippen LogP contribution in [0.1, 0.15) is 24.5 Å². The van der Waals surface area contributed by atoms with Crippen LogP contribution < -0.4 is 9.47 Å². The molecule has 0 bridgehead atoms. The van der Waals surface area contributed by atoms with Crippen molar-refractivity contribution >= 4 is 0 Å². The van der Waals surface area contributed by atoms with E-state index in [2.05, 4.69) is 29.6 Å². The van der Waals surface area contributed by atoms with E-state index in [0.717, 1.165) is 50.7 Å². The molecule has 1 saturated heterocycles. The maximum absolute atomic E-state index is 5.85. The van der Waals surface area contributed by atoms with Gasteiger partial charge in [-0.2, -0.15) is 9.97 Å². The molecule has 8 heteroatoms. The summed E-state index contributed by atoms with van der Waals surface area (Å²) in [6.45, 7) is 3.72. The molecular formula is C15H20N6O2. The van der Waals surface area contributed by atoms with Gasteiger partial charge in [-0.1, -0.05) is 0 Å². The normalized spacial score (nSPS) is 20.7. The van der Waals surface area contributed by atoms with Gasteiger partial charge < -0.3 is 14.0 Å². The lowest BCUT2D eigenvalue weighted by Crippen LogP contribution is -2.26. The fourth-order valence-electron chi connectivity index (χ4n) is 3.18. The maximum Gasteiger partial charge on any atom is 0.316 e. The quantitative estimate of drug-likeness (QED) is 0.802. The molecule has 2 aliphatic rings. The van der Waals surface area contributed by atoms with Gasteiger partial charge in [0.2, 0.25) is 0 Å². The highest BCUT2D eigenvalue weighted by atomic mass is 16.5. The summed E-state index contributed by atoms with van der Waals surface area (Å²) < 4.78 is 13.2. The summed E-state index contributed by atoms with van der Waals surface area (Å²) in [4.78, 5) is 10.7. The van der Waals surface area contributed by atoms with Gasteiger partial charge in [0.1, 0.15) is 17.8 Å². The summed E-state index contributed by atoms with van der Waals surface area (Å²) in [5.74, 6) is 2.82. The summed E-state index contributed by atoms with van der Waals surface area (Å²) in [6.07, 6.45) is 6.55. The van der Waals surface area contributed by atoms with E-state index >= 15 is 0 Å². The molecule has 1 unspecified atom stereocenters. The van der Waals surface area contributed by atoms with Gasteiger partial charge in [-0.25, -0.2) is 0 Å². The van der Waals surface area contributed by atoms with Gasteiger partial charge in [0.05, 0.1) is 26.0 Å². The minimum Gasteiger partial charge on any atom is -0.494 e. The third-order valence-corrected chi connectivity index (χ3v) is 4.39. The minimum atomic E-state index is 0.115. The molecule has 0 aliphatic carbocycles. The van der Waals surface area contributed by atoms with Crippen LogP contribution in [0.15, 0.2) is 12.4 Å². The SMILES string of the molecule is COc1cnc(OC2CCN(Cc3nnc4n3CCC4)C2)nc1. The van der Waals surface area contributed by atoms with E-state index in [1.807, 2.05) is 0 Å². The van der Waals surface area contributed by atoms with E-state index in [9.17, 15) is 0 Å². The van der Waals surface area contributed by atoms with Gasteiger partial charge in [-0.05, 0) is 12.8 Å². The number of fused-ring (bicyclic) bond motifs is 1. The first-order chi connectivity index (χ1) is 11.3. The number of likely N-dealkylation sites (tertiary alicyclic amines) is 1.